The number of carbonyl (C=O) groups is 1. The molecule has 0 atom stereocenters. The van der Waals surface area contributed by atoms with Crippen LogP contribution in [0, 0.1) is 0 Å². The molecule has 1 aromatic heterocycles. The maximum atomic E-state index is 12.7. The van der Waals surface area contributed by atoms with Crippen molar-refractivity contribution in [3.8, 4) is 22.5 Å². The first kappa shape index (κ1) is 17.9. The highest BCUT2D eigenvalue weighted by Gasteiger charge is 2.30. The number of pyridine rings is 1. The fourth-order valence-electron chi connectivity index (χ4n) is 2.40. The van der Waals surface area contributed by atoms with Crippen molar-refractivity contribution >= 4 is 17.6 Å². The number of alkyl halides is 3. The van der Waals surface area contributed by atoms with Gasteiger partial charge in [-0.15, -0.1) is 0 Å². The molecule has 1 heterocycles. The first-order valence-corrected chi connectivity index (χ1v) is 7.81. The standard InChI is InChI=1S/C19H11ClF3NO2/c20-15-7-3-12(4-8-15)17-10-13(18(25)26)9-16(24-17)11-1-5-14(6-2-11)19(21,22)23/h1-10H,(H,25,26). The maximum absolute atomic E-state index is 12.7. The number of benzene rings is 2. The second kappa shape index (κ2) is 6.80. The molecule has 0 bridgehead atoms. The van der Waals surface area contributed by atoms with Crippen LogP contribution in [-0.2, 0) is 6.18 Å². The molecule has 2 aromatic carbocycles. The molecular weight excluding hydrogens is 367 g/mol. The minimum Gasteiger partial charge on any atom is -0.478 e. The molecule has 0 saturated carbocycles. The maximum Gasteiger partial charge on any atom is 0.416 e. The number of nitrogens with zero attached hydrogens (tertiary/aromatic N) is 1. The van der Waals surface area contributed by atoms with Crippen LogP contribution in [0.25, 0.3) is 22.5 Å². The molecule has 0 unspecified atom stereocenters. The van der Waals surface area contributed by atoms with Gasteiger partial charge in [0.15, 0.2) is 0 Å². The highest BCUT2D eigenvalue weighted by molar-refractivity contribution is 6.30. The highest BCUT2D eigenvalue weighted by atomic mass is 35.5. The number of hydrogen-bond donors (Lipinski definition) is 1. The molecule has 0 fully saturated rings. The van der Waals surface area contributed by atoms with E-state index < -0.39 is 17.7 Å². The van der Waals surface area contributed by atoms with E-state index in [-0.39, 0.29) is 11.3 Å². The SMILES string of the molecule is O=C(O)c1cc(-c2ccc(Cl)cc2)nc(-c2ccc(C(F)(F)F)cc2)c1. The van der Waals surface area contributed by atoms with E-state index in [0.29, 0.717) is 21.8 Å². The summed E-state index contributed by atoms with van der Waals surface area (Å²) in [5.41, 5.74) is 0.885. The lowest BCUT2D eigenvalue weighted by Gasteiger charge is -2.10. The van der Waals surface area contributed by atoms with E-state index in [4.69, 9.17) is 11.6 Å². The van der Waals surface area contributed by atoms with Gasteiger partial charge in [-0.05, 0) is 36.4 Å². The Morgan fingerprint density at radius 2 is 1.35 bits per heavy atom. The first-order chi connectivity index (χ1) is 12.2. The molecule has 0 saturated heterocycles. The second-order valence-electron chi connectivity index (χ2n) is 5.51. The van der Waals surface area contributed by atoms with Crippen molar-refractivity contribution in [1.29, 1.82) is 0 Å². The molecule has 0 spiro atoms. The summed E-state index contributed by atoms with van der Waals surface area (Å²) >= 11 is 5.85. The molecule has 7 heteroatoms. The number of rotatable bonds is 3. The van der Waals surface area contributed by atoms with Gasteiger partial charge in [0.2, 0.25) is 0 Å². The van der Waals surface area contributed by atoms with Crippen LogP contribution in [-0.4, -0.2) is 16.1 Å². The average molecular weight is 378 g/mol. The van der Waals surface area contributed by atoms with E-state index >= 15 is 0 Å². The van der Waals surface area contributed by atoms with Gasteiger partial charge in [0.1, 0.15) is 0 Å². The van der Waals surface area contributed by atoms with Crippen LogP contribution in [0.15, 0.2) is 60.7 Å². The highest BCUT2D eigenvalue weighted by Crippen LogP contribution is 2.31. The van der Waals surface area contributed by atoms with Gasteiger partial charge < -0.3 is 5.11 Å². The normalized spacial score (nSPS) is 11.4. The molecule has 3 nitrogen and oxygen atoms in total. The molecule has 3 aromatic rings. The van der Waals surface area contributed by atoms with Crippen molar-refractivity contribution in [3.63, 3.8) is 0 Å². The Bertz CT molecular complexity index is 952. The third-order valence-electron chi connectivity index (χ3n) is 3.72. The summed E-state index contributed by atoms with van der Waals surface area (Å²) in [6.07, 6.45) is -4.44. The number of carboxylic acids is 1. The fraction of sp³-hybridized carbons (Fsp3) is 0.0526. The molecule has 1 N–H and O–H groups in total. The van der Waals surface area contributed by atoms with Gasteiger partial charge in [-0.2, -0.15) is 13.2 Å². The minimum absolute atomic E-state index is 0.0140. The Hall–Kier alpha value is -2.86. The second-order valence-corrected chi connectivity index (χ2v) is 5.95. The zero-order valence-electron chi connectivity index (χ0n) is 13.1. The van der Waals surface area contributed by atoms with Gasteiger partial charge in [-0.3, -0.25) is 0 Å². The van der Waals surface area contributed by atoms with E-state index in [0.717, 1.165) is 12.1 Å². The molecule has 3 rings (SSSR count). The number of hydrogen-bond acceptors (Lipinski definition) is 2. The molecular formula is C19H11ClF3NO2. The van der Waals surface area contributed by atoms with Crippen molar-refractivity contribution < 1.29 is 23.1 Å². The van der Waals surface area contributed by atoms with Crippen LogP contribution >= 0.6 is 11.6 Å². The minimum atomic E-state index is -4.44. The number of aromatic nitrogens is 1. The van der Waals surface area contributed by atoms with Gasteiger partial charge in [0.25, 0.3) is 0 Å². The summed E-state index contributed by atoms with van der Waals surface area (Å²) in [6.45, 7) is 0. The summed E-state index contributed by atoms with van der Waals surface area (Å²) in [6, 6.07) is 13.8. The zero-order valence-corrected chi connectivity index (χ0v) is 13.8. The molecule has 0 amide bonds. The van der Waals surface area contributed by atoms with Crippen LogP contribution in [0.4, 0.5) is 13.2 Å². The molecule has 0 aliphatic heterocycles. The lowest BCUT2D eigenvalue weighted by molar-refractivity contribution is -0.137. The molecule has 26 heavy (non-hydrogen) atoms. The lowest BCUT2D eigenvalue weighted by Crippen LogP contribution is -2.04. The number of carboxylic acid groups (broad SMARTS) is 1. The van der Waals surface area contributed by atoms with E-state index in [2.05, 4.69) is 4.98 Å². The van der Waals surface area contributed by atoms with Crippen LogP contribution in [0.2, 0.25) is 5.02 Å². The van der Waals surface area contributed by atoms with E-state index in [1.807, 2.05) is 0 Å². The van der Waals surface area contributed by atoms with E-state index in [9.17, 15) is 23.1 Å². The van der Waals surface area contributed by atoms with E-state index in [1.165, 1.54) is 24.3 Å². The van der Waals surface area contributed by atoms with Crippen LogP contribution in [0.1, 0.15) is 15.9 Å². The fourth-order valence-corrected chi connectivity index (χ4v) is 2.53. The van der Waals surface area contributed by atoms with Crippen molar-refractivity contribution in [2.24, 2.45) is 0 Å². The first-order valence-electron chi connectivity index (χ1n) is 7.43. The quantitative estimate of drug-likeness (QED) is 0.628. The Kier molecular flexibility index (Phi) is 4.70. The third-order valence-corrected chi connectivity index (χ3v) is 3.97. The van der Waals surface area contributed by atoms with Gasteiger partial charge >= 0.3 is 12.1 Å². The molecule has 0 aliphatic rings. The van der Waals surface area contributed by atoms with Crippen molar-refractivity contribution in [1.82, 2.24) is 4.98 Å². The monoisotopic (exact) mass is 377 g/mol. The van der Waals surface area contributed by atoms with Crippen molar-refractivity contribution in [2.45, 2.75) is 6.18 Å². The summed E-state index contributed by atoms with van der Waals surface area (Å²) in [5, 5.41) is 9.84. The van der Waals surface area contributed by atoms with Crippen LogP contribution in [0.3, 0.4) is 0 Å². The largest absolute Gasteiger partial charge is 0.478 e. The predicted octanol–water partition coefficient (Wildman–Crippen LogP) is 5.79. The predicted molar refractivity (Wildman–Crippen MR) is 92.1 cm³/mol. The zero-order chi connectivity index (χ0) is 18.9. The van der Waals surface area contributed by atoms with Gasteiger partial charge in [-0.25, -0.2) is 9.78 Å². The summed E-state index contributed by atoms with van der Waals surface area (Å²) in [7, 11) is 0. The van der Waals surface area contributed by atoms with Gasteiger partial charge in [-0.1, -0.05) is 35.9 Å². The Morgan fingerprint density at radius 3 is 1.77 bits per heavy atom. The van der Waals surface area contributed by atoms with Gasteiger partial charge in [0, 0.05) is 16.1 Å². The van der Waals surface area contributed by atoms with Crippen molar-refractivity contribution in [2.75, 3.05) is 0 Å². The van der Waals surface area contributed by atoms with E-state index in [1.54, 1.807) is 24.3 Å². The van der Waals surface area contributed by atoms with Crippen LogP contribution < -0.4 is 0 Å². The lowest BCUT2D eigenvalue weighted by atomic mass is 10.0. The number of aromatic carboxylic acids is 1. The van der Waals surface area contributed by atoms with Crippen molar-refractivity contribution in [3.05, 3.63) is 76.8 Å². The molecule has 0 aliphatic carbocycles. The average Bonchev–Trinajstić information content (AvgIpc) is 2.61. The molecule has 132 valence electrons. The Balaban J connectivity index is 2.09. The molecule has 0 radical (unpaired) electrons. The smallest absolute Gasteiger partial charge is 0.416 e. The Labute approximate surface area is 151 Å². The summed E-state index contributed by atoms with van der Waals surface area (Å²) in [4.78, 5) is 15.8. The summed E-state index contributed by atoms with van der Waals surface area (Å²) in [5.74, 6) is -1.16. The van der Waals surface area contributed by atoms with Crippen LogP contribution in [0.5, 0.6) is 0 Å². The Morgan fingerprint density at radius 1 is 0.885 bits per heavy atom. The third kappa shape index (κ3) is 3.86. The number of halogens is 4. The van der Waals surface area contributed by atoms with Gasteiger partial charge in [0.05, 0.1) is 22.5 Å². The summed E-state index contributed by atoms with van der Waals surface area (Å²) < 4.78 is 38.1. The topological polar surface area (TPSA) is 50.2 Å².